The summed E-state index contributed by atoms with van der Waals surface area (Å²) in [5.41, 5.74) is 6.34. The summed E-state index contributed by atoms with van der Waals surface area (Å²) in [6.07, 6.45) is 0.433. The van der Waals surface area contributed by atoms with E-state index in [4.69, 9.17) is 5.73 Å². The number of nitrogens with two attached hydrogens (primary N) is 1. The highest BCUT2D eigenvalue weighted by molar-refractivity contribution is 5.89. The van der Waals surface area contributed by atoms with Gasteiger partial charge < -0.3 is 11.1 Å². The Hall–Kier alpha value is -1.36. The highest BCUT2D eigenvalue weighted by atomic mass is 16.1. The molecule has 1 amide bonds. The minimum Gasteiger partial charge on any atom is -0.330 e. The van der Waals surface area contributed by atoms with Gasteiger partial charge in [0.15, 0.2) is 5.82 Å². The number of nitrogens with one attached hydrogen (secondary N) is 2. The number of hydrogen-bond donors (Lipinski definition) is 3. The second-order valence-electron chi connectivity index (χ2n) is 3.53. The lowest BCUT2D eigenvalue weighted by Gasteiger charge is -2.06. The molecular formula is C9H16N4O. The van der Waals surface area contributed by atoms with E-state index in [1.54, 1.807) is 6.07 Å². The van der Waals surface area contributed by atoms with Crippen LogP contribution in [0, 0.1) is 12.8 Å². The van der Waals surface area contributed by atoms with E-state index in [9.17, 15) is 4.79 Å². The predicted molar refractivity (Wildman–Crippen MR) is 54.8 cm³/mol. The number of rotatable bonds is 4. The molecule has 0 aliphatic rings. The van der Waals surface area contributed by atoms with Crippen molar-refractivity contribution in [3.63, 3.8) is 0 Å². The molecule has 4 N–H and O–H groups in total. The van der Waals surface area contributed by atoms with E-state index in [-0.39, 0.29) is 11.8 Å². The summed E-state index contributed by atoms with van der Waals surface area (Å²) in [5, 5.41) is 9.34. The Balaban J connectivity index is 2.41. The summed E-state index contributed by atoms with van der Waals surface area (Å²) in [5.74, 6) is 0.723. The maximum atomic E-state index is 11.4. The van der Waals surface area contributed by atoms with Crippen molar-refractivity contribution in [2.24, 2.45) is 11.7 Å². The Kier molecular flexibility index (Phi) is 3.64. The van der Waals surface area contributed by atoms with Crippen molar-refractivity contribution in [1.29, 1.82) is 0 Å². The molecule has 1 aromatic rings. The largest absolute Gasteiger partial charge is 0.330 e. The SMILES string of the molecule is Cc1cc(NC(=O)CC(C)CN)n[nH]1. The quantitative estimate of drug-likeness (QED) is 0.660. The predicted octanol–water partition coefficient (Wildman–Crippen LogP) is 0.642. The minimum atomic E-state index is -0.0468. The molecule has 1 unspecified atom stereocenters. The van der Waals surface area contributed by atoms with Crippen LogP contribution in [0.25, 0.3) is 0 Å². The molecule has 0 aromatic carbocycles. The van der Waals surface area contributed by atoms with Gasteiger partial charge >= 0.3 is 0 Å². The molecular weight excluding hydrogens is 180 g/mol. The van der Waals surface area contributed by atoms with E-state index < -0.39 is 0 Å². The lowest BCUT2D eigenvalue weighted by atomic mass is 10.1. The number of aryl methyl sites for hydroxylation is 1. The van der Waals surface area contributed by atoms with Crippen LogP contribution in [0.15, 0.2) is 6.07 Å². The average molecular weight is 196 g/mol. The molecule has 0 aliphatic carbocycles. The van der Waals surface area contributed by atoms with Gasteiger partial charge in [0.2, 0.25) is 5.91 Å². The standard InChI is InChI=1S/C9H16N4O/c1-6(5-10)3-9(14)11-8-4-7(2)12-13-8/h4,6H,3,5,10H2,1-2H3,(H2,11,12,13,14). The monoisotopic (exact) mass is 196 g/mol. The maximum Gasteiger partial charge on any atom is 0.225 e. The summed E-state index contributed by atoms with van der Waals surface area (Å²) < 4.78 is 0. The van der Waals surface area contributed by atoms with Crippen LogP contribution >= 0.6 is 0 Å². The summed E-state index contributed by atoms with van der Waals surface area (Å²) >= 11 is 0. The molecule has 0 saturated carbocycles. The van der Waals surface area contributed by atoms with Crippen LogP contribution in [0.4, 0.5) is 5.82 Å². The molecule has 0 spiro atoms. The van der Waals surface area contributed by atoms with Gasteiger partial charge in [-0.05, 0) is 19.4 Å². The molecule has 5 nitrogen and oxygen atoms in total. The number of H-pyrrole nitrogens is 1. The first-order valence-electron chi connectivity index (χ1n) is 4.63. The average Bonchev–Trinajstić information content (AvgIpc) is 2.50. The number of carbonyl (C=O) groups excluding carboxylic acids is 1. The van der Waals surface area contributed by atoms with E-state index in [0.717, 1.165) is 5.69 Å². The number of amides is 1. The highest BCUT2D eigenvalue weighted by Gasteiger charge is 2.08. The molecule has 0 radical (unpaired) electrons. The van der Waals surface area contributed by atoms with Crippen molar-refractivity contribution in [3.05, 3.63) is 11.8 Å². The molecule has 0 bridgehead atoms. The molecule has 1 rings (SSSR count). The Labute approximate surface area is 83.1 Å². The molecule has 1 atom stereocenters. The van der Waals surface area contributed by atoms with Gasteiger partial charge in [0.25, 0.3) is 0 Å². The van der Waals surface area contributed by atoms with Gasteiger partial charge in [0.1, 0.15) is 0 Å². The van der Waals surface area contributed by atoms with Gasteiger partial charge in [0, 0.05) is 18.2 Å². The van der Waals surface area contributed by atoms with Crippen LogP contribution in [0.2, 0.25) is 0 Å². The second kappa shape index (κ2) is 4.76. The second-order valence-corrected chi connectivity index (χ2v) is 3.53. The van der Waals surface area contributed by atoms with Crippen molar-refractivity contribution in [1.82, 2.24) is 10.2 Å². The van der Waals surface area contributed by atoms with Crippen LogP contribution in [0.1, 0.15) is 19.0 Å². The molecule has 0 aliphatic heterocycles. The molecule has 14 heavy (non-hydrogen) atoms. The number of hydrogen-bond acceptors (Lipinski definition) is 3. The molecule has 0 saturated heterocycles. The van der Waals surface area contributed by atoms with E-state index in [1.165, 1.54) is 0 Å². The normalized spacial score (nSPS) is 12.5. The fraction of sp³-hybridized carbons (Fsp3) is 0.556. The van der Waals surface area contributed by atoms with E-state index in [0.29, 0.717) is 18.8 Å². The van der Waals surface area contributed by atoms with Crippen LogP contribution in [0.5, 0.6) is 0 Å². The number of aromatic nitrogens is 2. The van der Waals surface area contributed by atoms with Gasteiger partial charge in [0.05, 0.1) is 0 Å². The third-order valence-corrected chi connectivity index (χ3v) is 1.91. The Morgan fingerprint density at radius 3 is 3.00 bits per heavy atom. The number of anilines is 1. The van der Waals surface area contributed by atoms with Crippen molar-refractivity contribution in [3.8, 4) is 0 Å². The van der Waals surface area contributed by atoms with Crippen LogP contribution < -0.4 is 11.1 Å². The van der Waals surface area contributed by atoms with E-state index >= 15 is 0 Å². The lowest BCUT2D eigenvalue weighted by Crippen LogP contribution is -2.20. The Bertz CT molecular complexity index is 308. The van der Waals surface area contributed by atoms with Gasteiger partial charge in [-0.15, -0.1) is 0 Å². The summed E-state index contributed by atoms with van der Waals surface area (Å²) in [7, 11) is 0. The molecule has 0 fully saturated rings. The highest BCUT2D eigenvalue weighted by Crippen LogP contribution is 2.06. The molecule has 1 aromatic heterocycles. The topological polar surface area (TPSA) is 83.8 Å². The zero-order chi connectivity index (χ0) is 10.6. The van der Waals surface area contributed by atoms with Crippen LogP contribution in [0.3, 0.4) is 0 Å². The first-order valence-corrected chi connectivity index (χ1v) is 4.63. The van der Waals surface area contributed by atoms with E-state index in [2.05, 4.69) is 15.5 Å². The summed E-state index contributed by atoms with van der Waals surface area (Å²) in [6, 6.07) is 1.78. The van der Waals surface area contributed by atoms with Gasteiger partial charge in [-0.2, -0.15) is 5.10 Å². The zero-order valence-corrected chi connectivity index (χ0v) is 8.50. The van der Waals surface area contributed by atoms with Gasteiger partial charge in [-0.25, -0.2) is 0 Å². The first kappa shape index (κ1) is 10.7. The molecule has 78 valence electrons. The maximum absolute atomic E-state index is 11.4. The molecule has 5 heteroatoms. The third-order valence-electron chi connectivity index (χ3n) is 1.91. The van der Waals surface area contributed by atoms with Crippen molar-refractivity contribution in [2.75, 3.05) is 11.9 Å². The molecule has 1 heterocycles. The van der Waals surface area contributed by atoms with Crippen molar-refractivity contribution in [2.45, 2.75) is 20.3 Å². The Morgan fingerprint density at radius 1 is 1.79 bits per heavy atom. The lowest BCUT2D eigenvalue weighted by molar-refractivity contribution is -0.116. The number of aromatic amines is 1. The fourth-order valence-electron chi connectivity index (χ4n) is 1.08. The Morgan fingerprint density at radius 2 is 2.50 bits per heavy atom. The van der Waals surface area contributed by atoms with E-state index in [1.807, 2.05) is 13.8 Å². The zero-order valence-electron chi connectivity index (χ0n) is 8.50. The summed E-state index contributed by atoms with van der Waals surface area (Å²) in [4.78, 5) is 11.4. The minimum absolute atomic E-state index is 0.0468. The van der Waals surface area contributed by atoms with Gasteiger partial charge in [-0.3, -0.25) is 9.89 Å². The number of nitrogens with zero attached hydrogens (tertiary/aromatic N) is 1. The van der Waals surface area contributed by atoms with Gasteiger partial charge in [-0.1, -0.05) is 6.92 Å². The summed E-state index contributed by atoms with van der Waals surface area (Å²) in [6.45, 7) is 4.34. The third kappa shape index (κ3) is 3.18. The fourth-order valence-corrected chi connectivity index (χ4v) is 1.08. The van der Waals surface area contributed by atoms with Crippen molar-refractivity contribution >= 4 is 11.7 Å². The smallest absolute Gasteiger partial charge is 0.225 e. The van der Waals surface area contributed by atoms with Crippen molar-refractivity contribution < 1.29 is 4.79 Å². The van der Waals surface area contributed by atoms with Crippen LogP contribution in [-0.4, -0.2) is 22.6 Å². The first-order chi connectivity index (χ1) is 6.61. The number of carbonyl (C=O) groups is 1. The van der Waals surface area contributed by atoms with Crippen LogP contribution in [-0.2, 0) is 4.79 Å².